The van der Waals surface area contributed by atoms with E-state index in [1.807, 2.05) is 0 Å². The van der Waals surface area contributed by atoms with E-state index in [1.54, 1.807) is 6.11 Å². The topological polar surface area (TPSA) is 20.2 Å². The van der Waals surface area contributed by atoms with Crippen LogP contribution >= 0.6 is 0 Å². The zero-order chi connectivity index (χ0) is 12.6. The van der Waals surface area contributed by atoms with E-state index in [2.05, 4.69) is 36.5 Å². The van der Waals surface area contributed by atoms with Crippen molar-refractivity contribution >= 4 is 0 Å². The molecule has 0 atom stereocenters. The molecular formula is C16H22O. The molecular weight excluding hydrogens is 208 g/mol. The third-order valence-corrected chi connectivity index (χ3v) is 2.49. The van der Waals surface area contributed by atoms with Crippen LogP contribution in [0.1, 0.15) is 64.7 Å². The lowest BCUT2D eigenvalue weighted by Gasteiger charge is -1.98. The van der Waals surface area contributed by atoms with E-state index in [0.29, 0.717) is 0 Å². The highest BCUT2D eigenvalue weighted by Gasteiger charge is 1.89. The summed E-state index contributed by atoms with van der Waals surface area (Å²) in [7, 11) is 0. The number of rotatable bonds is 8. The molecule has 92 valence electrons. The predicted octanol–water partition coefficient (Wildman–Crippen LogP) is 3.86. The van der Waals surface area contributed by atoms with Gasteiger partial charge in [0.05, 0.1) is 0 Å². The van der Waals surface area contributed by atoms with Crippen LogP contribution in [0.3, 0.4) is 0 Å². The Morgan fingerprint density at radius 3 is 1.94 bits per heavy atom. The van der Waals surface area contributed by atoms with Gasteiger partial charge in [-0.15, -0.1) is 0 Å². The molecule has 0 saturated carbocycles. The smallest absolute Gasteiger partial charge is 0.122 e. The third-order valence-electron chi connectivity index (χ3n) is 2.49. The fraction of sp³-hybridized carbons (Fsp3) is 0.625. The lowest BCUT2D eigenvalue weighted by Crippen LogP contribution is -1.79. The Balaban J connectivity index is 3.23. The number of aliphatic hydroxyl groups excluding tert-OH is 1. The van der Waals surface area contributed by atoms with Crippen molar-refractivity contribution < 1.29 is 5.11 Å². The Morgan fingerprint density at radius 1 is 0.706 bits per heavy atom. The lowest BCUT2D eigenvalue weighted by atomic mass is 10.1. The molecule has 1 heteroatoms. The van der Waals surface area contributed by atoms with Gasteiger partial charge >= 0.3 is 0 Å². The molecule has 1 nitrogen and oxygen atoms in total. The molecule has 0 aromatic heterocycles. The third kappa shape index (κ3) is 14.5. The van der Waals surface area contributed by atoms with E-state index in [9.17, 15) is 0 Å². The SMILES string of the molecule is CCCCCCCCCCC#CC#CC#CO. The number of aliphatic hydroxyl groups is 1. The van der Waals surface area contributed by atoms with Crippen LogP contribution in [0.15, 0.2) is 0 Å². The van der Waals surface area contributed by atoms with E-state index >= 15 is 0 Å². The molecule has 0 aliphatic carbocycles. The Kier molecular flexibility index (Phi) is 13.2. The molecule has 0 saturated heterocycles. The lowest BCUT2D eigenvalue weighted by molar-refractivity contribution is 0.517. The predicted molar refractivity (Wildman–Crippen MR) is 72.5 cm³/mol. The van der Waals surface area contributed by atoms with Crippen molar-refractivity contribution in [1.29, 1.82) is 0 Å². The maximum atomic E-state index is 8.13. The van der Waals surface area contributed by atoms with Crippen molar-refractivity contribution in [3.63, 3.8) is 0 Å². The molecule has 0 amide bonds. The second-order valence-corrected chi connectivity index (χ2v) is 4.01. The molecule has 0 heterocycles. The zero-order valence-electron chi connectivity index (χ0n) is 10.8. The standard InChI is InChI=1S/C16H22O/c1-2-3-4-5-6-7-8-9-10-11-12-13-14-15-16-17/h17H,2-10H2,1H3. The average molecular weight is 230 g/mol. The quantitative estimate of drug-likeness (QED) is 0.496. The van der Waals surface area contributed by atoms with Crippen molar-refractivity contribution in [3.8, 4) is 35.7 Å². The summed E-state index contributed by atoms with van der Waals surface area (Å²) in [5.41, 5.74) is 0. The van der Waals surface area contributed by atoms with Gasteiger partial charge in [0.1, 0.15) is 6.11 Å². The minimum Gasteiger partial charge on any atom is -0.461 e. The summed E-state index contributed by atoms with van der Waals surface area (Å²) in [5, 5.41) is 8.13. The van der Waals surface area contributed by atoms with Crippen molar-refractivity contribution in [2.75, 3.05) is 0 Å². The molecule has 0 aliphatic rings. The Morgan fingerprint density at radius 2 is 1.29 bits per heavy atom. The molecule has 1 N–H and O–H groups in total. The van der Waals surface area contributed by atoms with Gasteiger partial charge in [-0.2, -0.15) is 0 Å². The first kappa shape index (κ1) is 15.5. The summed E-state index contributed by atoms with van der Waals surface area (Å²) in [6.07, 6.45) is 13.2. The zero-order valence-corrected chi connectivity index (χ0v) is 10.8. The van der Waals surface area contributed by atoms with E-state index in [4.69, 9.17) is 5.11 Å². The van der Waals surface area contributed by atoms with Crippen LogP contribution in [-0.2, 0) is 0 Å². The molecule has 0 spiro atoms. The van der Waals surface area contributed by atoms with E-state index < -0.39 is 0 Å². The summed E-state index contributed by atoms with van der Waals surface area (Å²) in [5.74, 6) is 12.9. The molecule has 0 aromatic rings. The van der Waals surface area contributed by atoms with Crippen LogP contribution in [-0.4, -0.2) is 5.11 Å². The van der Waals surface area contributed by atoms with E-state index in [0.717, 1.165) is 12.8 Å². The summed E-state index contributed by atoms with van der Waals surface area (Å²) < 4.78 is 0. The molecule has 0 radical (unpaired) electrons. The maximum absolute atomic E-state index is 8.13. The van der Waals surface area contributed by atoms with E-state index in [1.165, 1.54) is 44.9 Å². The first-order valence-corrected chi connectivity index (χ1v) is 6.53. The normalized spacial score (nSPS) is 8.06. The number of unbranched alkanes of at least 4 members (excludes halogenated alkanes) is 8. The maximum Gasteiger partial charge on any atom is 0.122 e. The van der Waals surface area contributed by atoms with Gasteiger partial charge in [-0.3, -0.25) is 0 Å². The highest BCUT2D eigenvalue weighted by atomic mass is 16.2. The molecule has 0 bridgehead atoms. The fourth-order valence-corrected chi connectivity index (χ4v) is 1.54. The van der Waals surface area contributed by atoms with Crippen molar-refractivity contribution in [1.82, 2.24) is 0 Å². The van der Waals surface area contributed by atoms with Crippen LogP contribution in [0.4, 0.5) is 0 Å². The van der Waals surface area contributed by atoms with Crippen LogP contribution < -0.4 is 0 Å². The summed E-state index contributed by atoms with van der Waals surface area (Å²) in [4.78, 5) is 0. The van der Waals surface area contributed by atoms with Gasteiger partial charge in [0, 0.05) is 18.3 Å². The molecule has 0 aromatic carbocycles. The minimum atomic E-state index is 0.913. The summed E-state index contributed by atoms with van der Waals surface area (Å²) in [6, 6.07) is 0. The number of hydrogen-bond acceptors (Lipinski definition) is 1. The largest absolute Gasteiger partial charge is 0.461 e. The van der Waals surface area contributed by atoms with Crippen LogP contribution in [0.25, 0.3) is 0 Å². The number of hydrogen-bond donors (Lipinski definition) is 1. The Bertz CT molecular complexity index is 335. The van der Waals surface area contributed by atoms with Gasteiger partial charge in [-0.05, 0) is 18.3 Å². The first-order chi connectivity index (χ1) is 8.41. The van der Waals surface area contributed by atoms with Crippen molar-refractivity contribution in [2.45, 2.75) is 64.7 Å². The van der Waals surface area contributed by atoms with Crippen molar-refractivity contribution in [2.24, 2.45) is 0 Å². The highest BCUT2D eigenvalue weighted by molar-refractivity contribution is 5.34. The van der Waals surface area contributed by atoms with Gasteiger partial charge in [-0.25, -0.2) is 0 Å². The average Bonchev–Trinajstić information content (AvgIpc) is 2.35. The minimum absolute atomic E-state index is 0.913. The molecule has 0 aliphatic heterocycles. The van der Waals surface area contributed by atoms with Gasteiger partial charge in [0.25, 0.3) is 0 Å². The van der Waals surface area contributed by atoms with E-state index in [-0.39, 0.29) is 0 Å². The second kappa shape index (κ2) is 14.5. The molecule has 0 fully saturated rings. The molecule has 0 unspecified atom stereocenters. The monoisotopic (exact) mass is 230 g/mol. The van der Waals surface area contributed by atoms with Gasteiger partial charge in [0.2, 0.25) is 0 Å². The van der Waals surface area contributed by atoms with Crippen LogP contribution in [0.2, 0.25) is 0 Å². The summed E-state index contributed by atoms with van der Waals surface area (Å²) in [6.45, 7) is 2.24. The summed E-state index contributed by atoms with van der Waals surface area (Å²) >= 11 is 0. The van der Waals surface area contributed by atoms with Crippen LogP contribution in [0, 0.1) is 35.7 Å². The Hall–Kier alpha value is -1.52. The second-order valence-electron chi connectivity index (χ2n) is 4.01. The van der Waals surface area contributed by atoms with Crippen molar-refractivity contribution in [3.05, 3.63) is 0 Å². The fourth-order valence-electron chi connectivity index (χ4n) is 1.54. The van der Waals surface area contributed by atoms with Crippen LogP contribution in [0.5, 0.6) is 0 Å². The molecule has 0 rings (SSSR count). The van der Waals surface area contributed by atoms with Gasteiger partial charge < -0.3 is 5.11 Å². The first-order valence-electron chi connectivity index (χ1n) is 6.53. The highest BCUT2D eigenvalue weighted by Crippen LogP contribution is 2.08. The molecule has 17 heavy (non-hydrogen) atoms. The van der Waals surface area contributed by atoms with Gasteiger partial charge in [-0.1, -0.05) is 57.8 Å². The Labute approximate surface area is 106 Å². The van der Waals surface area contributed by atoms with Gasteiger partial charge in [0.15, 0.2) is 0 Å².